The predicted molar refractivity (Wildman–Crippen MR) is 93.5 cm³/mol. The van der Waals surface area contributed by atoms with Crippen LogP contribution in [-0.4, -0.2) is 42.7 Å². The first-order chi connectivity index (χ1) is 12.4. The highest BCUT2D eigenvalue weighted by atomic mass is 32.1. The molecule has 1 saturated heterocycles. The third-order valence-corrected chi connectivity index (χ3v) is 5.41. The standard InChI is InChI=1S/C18H21F3N2O2S/c1-12(9-13-3-5-14(24-2)6-4-13)23-7-8-25-16(10-23)15-11-26-17(22-15)18(19,20)21/h3-6,11-12,16H,7-10H2,1-2H3. The van der Waals surface area contributed by atoms with E-state index in [9.17, 15) is 13.2 Å². The summed E-state index contributed by atoms with van der Waals surface area (Å²) in [6, 6.07) is 8.17. The van der Waals surface area contributed by atoms with Gasteiger partial charge in [0.25, 0.3) is 0 Å². The zero-order chi connectivity index (χ0) is 18.7. The van der Waals surface area contributed by atoms with E-state index in [4.69, 9.17) is 9.47 Å². The van der Waals surface area contributed by atoms with Gasteiger partial charge in [-0.3, -0.25) is 4.90 Å². The van der Waals surface area contributed by atoms with Gasteiger partial charge in [0, 0.05) is 24.5 Å². The van der Waals surface area contributed by atoms with Gasteiger partial charge in [0.1, 0.15) is 11.9 Å². The van der Waals surface area contributed by atoms with Crippen molar-refractivity contribution in [3.63, 3.8) is 0 Å². The fraction of sp³-hybridized carbons (Fsp3) is 0.500. The van der Waals surface area contributed by atoms with E-state index in [-0.39, 0.29) is 6.04 Å². The van der Waals surface area contributed by atoms with Crippen molar-refractivity contribution in [2.75, 3.05) is 26.8 Å². The fourth-order valence-corrected chi connectivity index (χ4v) is 3.77. The molecule has 26 heavy (non-hydrogen) atoms. The Morgan fingerprint density at radius 1 is 1.35 bits per heavy atom. The Labute approximate surface area is 154 Å². The van der Waals surface area contributed by atoms with Gasteiger partial charge in [-0.2, -0.15) is 13.2 Å². The van der Waals surface area contributed by atoms with Gasteiger partial charge < -0.3 is 9.47 Å². The number of rotatable bonds is 5. The third-order valence-electron chi connectivity index (χ3n) is 4.51. The van der Waals surface area contributed by atoms with Crippen LogP contribution in [0.2, 0.25) is 0 Å². The molecule has 1 aliphatic heterocycles. The van der Waals surface area contributed by atoms with Crippen molar-refractivity contribution in [1.82, 2.24) is 9.88 Å². The summed E-state index contributed by atoms with van der Waals surface area (Å²) in [5, 5.41) is 0.630. The van der Waals surface area contributed by atoms with Crippen LogP contribution in [0.15, 0.2) is 29.6 Å². The van der Waals surface area contributed by atoms with E-state index < -0.39 is 17.3 Å². The monoisotopic (exact) mass is 386 g/mol. The van der Waals surface area contributed by atoms with Gasteiger partial charge in [0.15, 0.2) is 5.01 Å². The molecule has 0 bridgehead atoms. The first kappa shape index (κ1) is 19.1. The Kier molecular flexibility index (Phi) is 5.84. The highest BCUT2D eigenvalue weighted by Gasteiger charge is 2.36. The van der Waals surface area contributed by atoms with Gasteiger partial charge in [-0.1, -0.05) is 12.1 Å². The molecule has 4 nitrogen and oxygen atoms in total. The van der Waals surface area contributed by atoms with Gasteiger partial charge >= 0.3 is 6.18 Å². The molecule has 3 rings (SSSR count). The molecule has 1 aromatic heterocycles. The lowest BCUT2D eigenvalue weighted by Gasteiger charge is -2.36. The second-order valence-corrected chi connectivity index (χ2v) is 7.19. The summed E-state index contributed by atoms with van der Waals surface area (Å²) in [6.07, 6.45) is -3.98. The van der Waals surface area contributed by atoms with E-state index >= 15 is 0 Å². The Morgan fingerprint density at radius 3 is 2.69 bits per heavy atom. The zero-order valence-corrected chi connectivity index (χ0v) is 15.4. The molecule has 0 amide bonds. The second-order valence-electron chi connectivity index (χ2n) is 6.33. The number of aromatic nitrogens is 1. The lowest BCUT2D eigenvalue weighted by molar-refractivity contribution is -0.138. The van der Waals surface area contributed by atoms with E-state index in [1.54, 1.807) is 7.11 Å². The number of hydrogen-bond donors (Lipinski definition) is 0. The molecule has 2 unspecified atom stereocenters. The van der Waals surface area contributed by atoms with Crippen LogP contribution in [0.5, 0.6) is 5.75 Å². The van der Waals surface area contributed by atoms with Crippen molar-refractivity contribution in [2.45, 2.75) is 31.7 Å². The van der Waals surface area contributed by atoms with Crippen LogP contribution >= 0.6 is 11.3 Å². The molecule has 1 fully saturated rings. The molecule has 2 heterocycles. The number of alkyl halides is 3. The number of halogens is 3. The maximum atomic E-state index is 12.8. The summed E-state index contributed by atoms with van der Waals surface area (Å²) in [5.74, 6) is 0.817. The zero-order valence-electron chi connectivity index (χ0n) is 14.6. The van der Waals surface area contributed by atoms with Crippen molar-refractivity contribution in [3.05, 3.63) is 45.9 Å². The molecule has 0 radical (unpaired) electrons. The number of morpholine rings is 1. The van der Waals surface area contributed by atoms with E-state index in [0.717, 1.165) is 18.7 Å². The summed E-state index contributed by atoms with van der Waals surface area (Å²) in [6.45, 7) is 3.90. The van der Waals surface area contributed by atoms with Gasteiger partial charge in [0.2, 0.25) is 0 Å². The Bertz CT molecular complexity index is 718. The summed E-state index contributed by atoms with van der Waals surface area (Å²) in [7, 11) is 1.63. The average Bonchev–Trinajstić information content (AvgIpc) is 3.13. The molecule has 0 aliphatic carbocycles. The van der Waals surface area contributed by atoms with Crippen LogP contribution in [-0.2, 0) is 17.3 Å². The minimum Gasteiger partial charge on any atom is -0.497 e. The third kappa shape index (κ3) is 4.55. The highest BCUT2D eigenvalue weighted by molar-refractivity contribution is 7.09. The first-order valence-corrected chi connectivity index (χ1v) is 9.26. The van der Waals surface area contributed by atoms with Crippen molar-refractivity contribution in [3.8, 4) is 5.75 Å². The fourth-order valence-electron chi connectivity index (χ4n) is 3.04. The van der Waals surface area contributed by atoms with Gasteiger partial charge in [-0.25, -0.2) is 4.98 Å². The summed E-state index contributed by atoms with van der Waals surface area (Å²) in [5.41, 5.74) is 1.55. The van der Waals surface area contributed by atoms with Crippen LogP contribution in [0.4, 0.5) is 13.2 Å². The second kappa shape index (κ2) is 7.94. The van der Waals surface area contributed by atoms with Crippen molar-refractivity contribution < 1.29 is 22.6 Å². The average molecular weight is 386 g/mol. The van der Waals surface area contributed by atoms with Crippen LogP contribution in [0, 0.1) is 0 Å². The SMILES string of the molecule is COc1ccc(CC(C)N2CCOC(c3csc(C(F)(F)F)n3)C2)cc1. The molecule has 1 aliphatic rings. The number of methoxy groups -OCH3 is 1. The first-order valence-electron chi connectivity index (χ1n) is 8.38. The van der Waals surface area contributed by atoms with Gasteiger partial charge in [0.05, 0.1) is 19.4 Å². The molecule has 142 valence electrons. The highest BCUT2D eigenvalue weighted by Crippen LogP contribution is 2.34. The smallest absolute Gasteiger partial charge is 0.443 e. The number of ether oxygens (including phenoxy) is 2. The van der Waals surface area contributed by atoms with E-state index in [0.29, 0.717) is 30.2 Å². The Morgan fingerprint density at radius 2 is 2.08 bits per heavy atom. The van der Waals surface area contributed by atoms with E-state index in [1.807, 2.05) is 24.3 Å². The Hall–Kier alpha value is -1.64. The molecule has 2 atom stereocenters. The van der Waals surface area contributed by atoms with Gasteiger partial charge in [-0.05, 0) is 31.0 Å². The predicted octanol–water partition coefficient (Wildman–Crippen LogP) is 4.18. The molecule has 1 aromatic carbocycles. The molecular weight excluding hydrogens is 365 g/mol. The summed E-state index contributed by atoms with van der Waals surface area (Å²) >= 11 is 0.619. The maximum absolute atomic E-state index is 12.8. The van der Waals surface area contributed by atoms with E-state index in [2.05, 4.69) is 16.8 Å². The minimum absolute atomic E-state index is 0.246. The van der Waals surface area contributed by atoms with Gasteiger partial charge in [-0.15, -0.1) is 11.3 Å². The van der Waals surface area contributed by atoms with Crippen LogP contribution in [0.3, 0.4) is 0 Å². The molecule has 0 spiro atoms. The molecule has 0 saturated carbocycles. The molecular formula is C18H21F3N2O2S. The number of nitrogens with zero attached hydrogens (tertiary/aromatic N) is 2. The topological polar surface area (TPSA) is 34.6 Å². The molecule has 0 N–H and O–H groups in total. The van der Waals surface area contributed by atoms with Crippen LogP contribution < -0.4 is 4.74 Å². The van der Waals surface area contributed by atoms with Crippen molar-refractivity contribution >= 4 is 11.3 Å². The summed E-state index contributed by atoms with van der Waals surface area (Å²) in [4.78, 5) is 5.97. The lowest BCUT2D eigenvalue weighted by atomic mass is 10.0. The number of benzene rings is 1. The van der Waals surface area contributed by atoms with Crippen LogP contribution in [0.1, 0.15) is 29.3 Å². The Balaban J connectivity index is 1.62. The maximum Gasteiger partial charge on any atom is 0.443 e. The molecule has 8 heteroatoms. The summed E-state index contributed by atoms with van der Waals surface area (Å²) < 4.78 is 49.1. The van der Waals surface area contributed by atoms with Crippen molar-refractivity contribution in [2.24, 2.45) is 0 Å². The van der Waals surface area contributed by atoms with E-state index in [1.165, 1.54) is 10.9 Å². The minimum atomic E-state index is -4.40. The number of hydrogen-bond acceptors (Lipinski definition) is 5. The largest absolute Gasteiger partial charge is 0.497 e. The van der Waals surface area contributed by atoms with Crippen molar-refractivity contribution in [1.29, 1.82) is 0 Å². The molecule has 2 aromatic rings. The lowest BCUT2D eigenvalue weighted by Crippen LogP contribution is -2.44. The normalized spacial score (nSPS) is 20.1. The van der Waals surface area contributed by atoms with Crippen LogP contribution in [0.25, 0.3) is 0 Å². The number of thiazole rings is 1. The quantitative estimate of drug-likeness (QED) is 0.772.